The van der Waals surface area contributed by atoms with Crippen molar-refractivity contribution < 1.29 is 9.53 Å². The Hall–Kier alpha value is -2.07. The van der Waals surface area contributed by atoms with Crippen LogP contribution in [0.2, 0.25) is 0 Å². The van der Waals surface area contributed by atoms with Crippen LogP contribution >= 0.6 is 0 Å². The van der Waals surface area contributed by atoms with E-state index in [0.717, 1.165) is 22.9 Å². The number of carbonyl (C=O) groups excluding carboxylic acids is 1. The highest BCUT2D eigenvalue weighted by Crippen LogP contribution is 2.25. The highest BCUT2D eigenvalue weighted by molar-refractivity contribution is 5.88. The van der Waals surface area contributed by atoms with Crippen molar-refractivity contribution in [1.29, 1.82) is 0 Å². The van der Waals surface area contributed by atoms with E-state index in [9.17, 15) is 4.79 Å². The Morgan fingerprint density at radius 1 is 1.24 bits per heavy atom. The van der Waals surface area contributed by atoms with Gasteiger partial charge in [-0.05, 0) is 38.3 Å². The number of ether oxygens (including phenoxy) is 1. The lowest BCUT2D eigenvalue weighted by Crippen LogP contribution is -2.51. The summed E-state index contributed by atoms with van der Waals surface area (Å²) in [4.78, 5) is 11.4. The van der Waals surface area contributed by atoms with Crippen molar-refractivity contribution >= 4 is 16.7 Å². The Labute approximate surface area is 125 Å². The summed E-state index contributed by atoms with van der Waals surface area (Å²) in [7, 11) is 1.75. The third-order valence-corrected chi connectivity index (χ3v) is 3.92. The smallest absolute Gasteiger partial charge is 0.237 e. The lowest BCUT2D eigenvalue weighted by atomic mass is 9.95. The molecule has 2 aromatic carbocycles. The average molecular weight is 286 g/mol. The summed E-state index contributed by atoms with van der Waals surface area (Å²) >= 11 is 0. The Bertz CT molecular complexity index is 622. The lowest BCUT2D eigenvalue weighted by molar-refractivity contribution is -0.123. The topological polar surface area (TPSA) is 64.3 Å². The third kappa shape index (κ3) is 3.52. The fourth-order valence-corrected chi connectivity index (χ4v) is 2.30. The van der Waals surface area contributed by atoms with Gasteiger partial charge < -0.3 is 15.8 Å². The molecule has 0 aliphatic carbocycles. The first-order chi connectivity index (χ1) is 10.1. The predicted octanol–water partition coefficient (Wildman–Crippen LogP) is 2.46. The predicted molar refractivity (Wildman–Crippen MR) is 85.3 cm³/mol. The van der Waals surface area contributed by atoms with Gasteiger partial charge >= 0.3 is 0 Å². The fraction of sp³-hybridized carbons (Fsp3) is 0.353. The molecule has 0 radical (unpaired) electrons. The first kappa shape index (κ1) is 15.3. The number of hydrogen-bond acceptors (Lipinski definition) is 3. The van der Waals surface area contributed by atoms with E-state index < -0.39 is 5.54 Å². The highest BCUT2D eigenvalue weighted by Gasteiger charge is 2.28. The van der Waals surface area contributed by atoms with Crippen molar-refractivity contribution in [1.82, 2.24) is 5.32 Å². The molecule has 0 aliphatic rings. The van der Waals surface area contributed by atoms with Gasteiger partial charge in [0.2, 0.25) is 5.91 Å². The number of hydrogen-bond donors (Lipinski definition) is 2. The Morgan fingerprint density at radius 2 is 1.95 bits per heavy atom. The molecular weight excluding hydrogens is 264 g/mol. The van der Waals surface area contributed by atoms with Crippen molar-refractivity contribution in [3.63, 3.8) is 0 Å². The number of amides is 1. The van der Waals surface area contributed by atoms with Crippen molar-refractivity contribution in [3.05, 3.63) is 42.5 Å². The second kappa shape index (κ2) is 6.59. The number of carbonyl (C=O) groups is 1. The molecule has 1 atom stereocenters. The molecule has 0 spiro atoms. The summed E-state index contributed by atoms with van der Waals surface area (Å²) in [6.45, 7) is 2.37. The van der Waals surface area contributed by atoms with Gasteiger partial charge in [-0.1, -0.05) is 36.4 Å². The maximum absolute atomic E-state index is 11.4. The molecule has 21 heavy (non-hydrogen) atoms. The molecule has 0 fully saturated rings. The normalized spacial score (nSPS) is 13.8. The van der Waals surface area contributed by atoms with E-state index in [4.69, 9.17) is 10.5 Å². The summed E-state index contributed by atoms with van der Waals surface area (Å²) in [5.41, 5.74) is 4.73. The molecule has 4 nitrogen and oxygen atoms in total. The molecule has 3 N–H and O–H groups in total. The van der Waals surface area contributed by atoms with Gasteiger partial charge in [0, 0.05) is 5.39 Å². The van der Waals surface area contributed by atoms with Gasteiger partial charge in [-0.15, -0.1) is 0 Å². The van der Waals surface area contributed by atoms with E-state index in [1.54, 1.807) is 7.05 Å². The van der Waals surface area contributed by atoms with E-state index in [0.29, 0.717) is 13.0 Å². The molecule has 2 aromatic rings. The number of likely N-dealkylation sites (N-methyl/N-ethyl adjacent to an activating group) is 1. The molecule has 0 aromatic heterocycles. The zero-order valence-electron chi connectivity index (χ0n) is 12.6. The van der Waals surface area contributed by atoms with Crippen molar-refractivity contribution in [3.8, 4) is 5.75 Å². The number of nitrogens with one attached hydrogen (secondary N) is 1. The number of primary amides is 1. The second-order valence-corrected chi connectivity index (χ2v) is 5.38. The van der Waals surface area contributed by atoms with Crippen LogP contribution in [0.15, 0.2) is 42.5 Å². The number of nitrogens with two attached hydrogens (primary N) is 1. The lowest BCUT2D eigenvalue weighted by Gasteiger charge is -2.25. The third-order valence-electron chi connectivity index (χ3n) is 3.92. The molecule has 1 unspecified atom stereocenters. The van der Waals surface area contributed by atoms with Gasteiger partial charge in [0.15, 0.2) is 0 Å². The number of benzene rings is 2. The van der Waals surface area contributed by atoms with Crippen LogP contribution in [0.25, 0.3) is 10.8 Å². The average Bonchev–Trinajstić information content (AvgIpc) is 2.51. The molecule has 0 aliphatic heterocycles. The van der Waals surface area contributed by atoms with Crippen LogP contribution in [0.4, 0.5) is 0 Å². The van der Waals surface area contributed by atoms with Gasteiger partial charge in [-0.25, -0.2) is 0 Å². The zero-order chi connectivity index (χ0) is 15.3. The van der Waals surface area contributed by atoms with Crippen LogP contribution in [0.3, 0.4) is 0 Å². The molecule has 112 valence electrons. The molecule has 0 saturated heterocycles. The summed E-state index contributed by atoms with van der Waals surface area (Å²) in [5.74, 6) is 0.536. The van der Waals surface area contributed by atoms with Gasteiger partial charge in [0.05, 0.1) is 12.1 Å². The summed E-state index contributed by atoms with van der Waals surface area (Å²) in [6, 6.07) is 14.1. The fourth-order valence-electron chi connectivity index (χ4n) is 2.30. The molecule has 0 saturated carbocycles. The molecular formula is C17H22N2O2. The van der Waals surface area contributed by atoms with Gasteiger partial charge in [0.1, 0.15) is 5.75 Å². The van der Waals surface area contributed by atoms with Crippen molar-refractivity contribution in [2.24, 2.45) is 5.73 Å². The van der Waals surface area contributed by atoms with Gasteiger partial charge in [0.25, 0.3) is 0 Å². The number of fused-ring (bicyclic) bond motifs is 1. The molecule has 4 heteroatoms. The number of rotatable bonds is 7. The minimum Gasteiger partial charge on any atom is -0.493 e. The molecule has 0 heterocycles. The monoisotopic (exact) mass is 286 g/mol. The summed E-state index contributed by atoms with van der Waals surface area (Å²) < 4.78 is 5.86. The Kier molecular flexibility index (Phi) is 4.81. The van der Waals surface area contributed by atoms with Crippen LogP contribution in [-0.4, -0.2) is 25.1 Å². The van der Waals surface area contributed by atoms with E-state index in [1.165, 1.54) is 0 Å². The largest absolute Gasteiger partial charge is 0.493 e. The minimum atomic E-state index is -0.678. The molecule has 1 amide bonds. The quantitative estimate of drug-likeness (QED) is 0.768. The maximum atomic E-state index is 11.4. The standard InChI is InChI=1S/C17H22N2O2/c1-17(19-2,16(18)20)11-6-12-21-15-10-5-8-13-7-3-4-9-14(13)15/h3-5,7-10,19H,6,11-12H2,1-2H3,(H2,18,20). The van der Waals surface area contributed by atoms with Gasteiger partial charge in [-0.3, -0.25) is 4.79 Å². The highest BCUT2D eigenvalue weighted by atomic mass is 16.5. The van der Waals surface area contributed by atoms with E-state index >= 15 is 0 Å². The zero-order valence-corrected chi connectivity index (χ0v) is 12.6. The van der Waals surface area contributed by atoms with Crippen LogP contribution in [0, 0.1) is 0 Å². The van der Waals surface area contributed by atoms with Crippen molar-refractivity contribution in [2.75, 3.05) is 13.7 Å². The van der Waals surface area contributed by atoms with E-state index in [1.807, 2.05) is 37.3 Å². The van der Waals surface area contributed by atoms with Crippen LogP contribution in [0.1, 0.15) is 19.8 Å². The Balaban J connectivity index is 1.96. The van der Waals surface area contributed by atoms with E-state index in [2.05, 4.69) is 17.4 Å². The molecule has 2 rings (SSSR count). The van der Waals surface area contributed by atoms with Crippen LogP contribution < -0.4 is 15.8 Å². The summed E-state index contributed by atoms with van der Waals surface area (Å²) in [5, 5.41) is 5.24. The minimum absolute atomic E-state index is 0.338. The SMILES string of the molecule is CNC(C)(CCCOc1cccc2ccccc12)C(N)=O. The van der Waals surface area contributed by atoms with Gasteiger partial charge in [-0.2, -0.15) is 0 Å². The van der Waals surface area contributed by atoms with E-state index in [-0.39, 0.29) is 5.91 Å². The van der Waals surface area contributed by atoms with Crippen LogP contribution in [0.5, 0.6) is 5.75 Å². The van der Waals surface area contributed by atoms with Crippen LogP contribution in [-0.2, 0) is 4.79 Å². The first-order valence-electron chi connectivity index (χ1n) is 7.16. The Morgan fingerprint density at radius 3 is 2.67 bits per heavy atom. The molecule has 0 bridgehead atoms. The summed E-state index contributed by atoms with van der Waals surface area (Å²) in [6.07, 6.45) is 1.40. The second-order valence-electron chi connectivity index (χ2n) is 5.38. The first-order valence-corrected chi connectivity index (χ1v) is 7.16. The van der Waals surface area contributed by atoms with Crippen molar-refractivity contribution in [2.45, 2.75) is 25.3 Å². The maximum Gasteiger partial charge on any atom is 0.237 e.